The molecule has 0 aliphatic carbocycles. The minimum absolute atomic E-state index is 0.137. The van der Waals surface area contributed by atoms with Crippen LogP contribution in [0, 0.1) is 0 Å². The van der Waals surface area contributed by atoms with Gasteiger partial charge >= 0.3 is 11.9 Å². The van der Waals surface area contributed by atoms with Crippen molar-refractivity contribution in [2.75, 3.05) is 47.5 Å². The molecular formula is C72H117NO8. The molecule has 0 spiro atoms. The van der Waals surface area contributed by atoms with Crippen LogP contribution in [-0.4, -0.2) is 82.3 Å². The molecule has 0 amide bonds. The van der Waals surface area contributed by atoms with Crippen LogP contribution in [0.2, 0.25) is 0 Å². The van der Waals surface area contributed by atoms with E-state index >= 15 is 0 Å². The highest BCUT2D eigenvalue weighted by molar-refractivity contribution is 5.70. The van der Waals surface area contributed by atoms with E-state index in [0.717, 1.165) is 128 Å². The van der Waals surface area contributed by atoms with Gasteiger partial charge in [0.15, 0.2) is 12.4 Å². The highest BCUT2D eigenvalue weighted by atomic mass is 16.7. The van der Waals surface area contributed by atoms with Crippen LogP contribution in [0.25, 0.3) is 0 Å². The van der Waals surface area contributed by atoms with Gasteiger partial charge in [-0.1, -0.05) is 250 Å². The third kappa shape index (κ3) is 62.6. The fourth-order valence-corrected chi connectivity index (χ4v) is 8.25. The van der Waals surface area contributed by atoms with Crippen molar-refractivity contribution in [1.82, 2.24) is 0 Å². The van der Waals surface area contributed by atoms with Gasteiger partial charge in [0.2, 0.25) is 0 Å². The average Bonchev–Trinajstić information content (AvgIpc) is 3.44. The number of quaternary nitrogens is 1. The number of carbonyl (C=O) groups excluding carboxylic acids is 3. The molecule has 0 rings (SSSR count). The van der Waals surface area contributed by atoms with Crippen LogP contribution >= 0.6 is 0 Å². The number of hydrogen-bond donors (Lipinski definition) is 0. The molecule has 0 saturated heterocycles. The van der Waals surface area contributed by atoms with Gasteiger partial charge in [0, 0.05) is 12.8 Å². The van der Waals surface area contributed by atoms with Gasteiger partial charge in [-0.2, -0.15) is 0 Å². The van der Waals surface area contributed by atoms with E-state index in [9.17, 15) is 19.5 Å². The van der Waals surface area contributed by atoms with Crippen LogP contribution in [0.15, 0.2) is 146 Å². The van der Waals surface area contributed by atoms with Crippen LogP contribution < -0.4 is 5.11 Å². The van der Waals surface area contributed by atoms with Crippen LogP contribution in [0.1, 0.15) is 232 Å². The fourth-order valence-electron chi connectivity index (χ4n) is 8.25. The van der Waals surface area contributed by atoms with Crippen molar-refractivity contribution in [2.24, 2.45) is 0 Å². The van der Waals surface area contributed by atoms with Gasteiger partial charge in [-0.05, 0) is 116 Å². The molecule has 0 fully saturated rings. The minimum atomic E-state index is -1.64. The number of rotatable bonds is 57. The molecule has 2 unspecified atom stereocenters. The summed E-state index contributed by atoms with van der Waals surface area (Å²) in [4.78, 5) is 37.4. The second-order valence-electron chi connectivity index (χ2n) is 21.9. The molecule has 9 heteroatoms. The maximum absolute atomic E-state index is 12.9. The summed E-state index contributed by atoms with van der Waals surface area (Å²) in [6.07, 6.45) is 86.2. The Morgan fingerprint density at radius 3 is 0.988 bits per heavy atom. The lowest BCUT2D eigenvalue weighted by Crippen LogP contribution is -2.44. The second-order valence-corrected chi connectivity index (χ2v) is 21.9. The van der Waals surface area contributed by atoms with E-state index in [1.807, 2.05) is 21.1 Å². The largest absolute Gasteiger partial charge is 0.545 e. The highest BCUT2D eigenvalue weighted by Gasteiger charge is 2.22. The lowest BCUT2D eigenvalue weighted by atomic mass is 10.0. The van der Waals surface area contributed by atoms with Crippen molar-refractivity contribution in [1.29, 1.82) is 0 Å². The number of likely N-dealkylation sites (N-methyl/N-ethyl adjacent to an activating group) is 1. The first-order chi connectivity index (χ1) is 39.6. The van der Waals surface area contributed by atoms with E-state index in [4.69, 9.17) is 18.9 Å². The van der Waals surface area contributed by atoms with Crippen LogP contribution in [0.4, 0.5) is 0 Å². The smallest absolute Gasteiger partial charge is 0.306 e. The average molecular weight is 1120 g/mol. The van der Waals surface area contributed by atoms with Gasteiger partial charge in [0.05, 0.1) is 40.3 Å². The minimum Gasteiger partial charge on any atom is -0.545 e. The third-order valence-electron chi connectivity index (χ3n) is 13.1. The fraction of sp³-hybridized carbons (Fsp3) is 0.625. The Hall–Kier alpha value is -4.83. The number of aliphatic carboxylic acids is 1. The second kappa shape index (κ2) is 61.2. The number of esters is 2. The summed E-state index contributed by atoms with van der Waals surface area (Å²) in [6.45, 7) is 4.48. The van der Waals surface area contributed by atoms with Gasteiger partial charge in [0.1, 0.15) is 13.2 Å². The first-order valence-corrected chi connectivity index (χ1v) is 32.0. The zero-order chi connectivity index (χ0) is 59.1. The van der Waals surface area contributed by atoms with Crippen LogP contribution in [0.3, 0.4) is 0 Å². The molecule has 0 aliphatic rings. The van der Waals surface area contributed by atoms with Gasteiger partial charge in [-0.15, -0.1) is 0 Å². The molecule has 81 heavy (non-hydrogen) atoms. The number of unbranched alkanes of at least 4 members (excludes halogenated alkanes) is 18. The number of nitrogens with zero attached hydrogens (tertiary/aromatic N) is 1. The van der Waals surface area contributed by atoms with E-state index in [1.165, 1.54) is 64.2 Å². The number of carbonyl (C=O) groups is 3. The van der Waals surface area contributed by atoms with E-state index in [0.29, 0.717) is 23.9 Å². The summed E-state index contributed by atoms with van der Waals surface area (Å²) in [5.74, 6) is -2.32. The lowest BCUT2D eigenvalue weighted by Gasteiger charge is -2.26. The number of carboxylic acids is 1. The number of ether oxygens (including phenoxy) is 4. The number of carboxylic acid groups (broad SMARTS) is 1. The zero-order valence-corrected chi connectivity index (χ0v) is 52.1. The normalized spacial score (nSPS) is 13.7. The number of hydrogen-bond acceptors (Lipinski definition) is 8. The Morgan fingerprint density at radius 2 is 0.667 bits per heavy atom. The molecule has 0 aromatic rings. The maximum atomic E-state index is 12.9. The quantitative estimate of drug-likeness (QED) is 0.0195. The van der Waals surface area contributed by atoms with Gasteiger partial charge in [-0.25, -0.2) is 0 Å². The topological polar surface area (TPSA) is 111 Å². The molecule has 0 saturated carbocycles. The summed E-state index contributed by atoms with van der Waals surface area (Å²) in [5.41, 5.74) is 0. The Bertz CT molecular complexity index is 1840. The molecule has 0 radical (unpaired) electrons. The van der Waals surface area contributed by atoms with Crippen molar-refractivity contribution in [3.05, 3.63) is 146 Å². The van der Waals surface area contributed by atoms with E-state index in [2.05, 4.69) is 160 Å². The molecule has 0 N–H and O–H groups in total. The molecule has 458 valence electrons. The summed E-state index contributed by atoms with van der Waals surface area (Å²) in [5, 5.41) is 11.8. The summed E-state index contributed by atoms with van der Waals surface area (Å²) < 4.78 is 22.7. The standard InChI is InChI=1S/C72H117NO8/c1-6-8-10-12-14-16-18-20-22-24-26-28-29-30-31-32-33-34-35-36-37-38-39-40-41-43-45-47-49-51-53-55-57-59-61-63-70(75)81-68(67-80-72(71(76)77)78-65-64-73(3,4)5)66-79-69(74)62-60-58-56-54-52-50-48-46-44-42-27-25-23-21-19-17-15-13-11-9-7-2/h8-11,14-17,20-23,26-28,30-31,33-34,36-37,42,46,48,68,72H,6-7,12-13,18-19,24-25,29,32,35,38-41,43-45,47,49-67H2,1-5H3/b10-8-,11-9-,16-14-,17-15-,22-20-,23-21-,28-26-,31-30-,34-33-,37-36-,42-27-,48-46-. The van der Waals surface area contributed by atoms with Crippen LogP contribution in [-0.2, 0) is 33.3 Å². The maximum Gasteiger partial charge on any atom is 0.306 e. The number of allylic oxidation sites excluding steroid dienone is 24. The molecule has 0 aromatic carbocycles. The monoisotopic (exact) mass is 1120 g/mol. The Balaban J connectivity index is 4.21. The summed E-state index contributed by atoms with van der Waals surface area (Å²) >= 11 is 0. The Morgan fingerprint density at radius 1 is 0.370 bits per heavy atom. The first-order valence-electron chi connectivity index (χ1n) is 32.0. The summed E-state index contributed by atoms with van der Waals surface area (Å²) in [7, 11) is 5.91. The Kier molecular flexibility index (Phi) is 57.6. The van der Waals surface area contributed by atoms with E-state index < -0.39 is 24.3 Å². The van der Waals surface area contributed by atoms with Crippen molar-refractivity contribution in [2.45, 2.75) is 245 Å². The van der Waals surface area contributed by atoms with Crippen molar-refractivity contribution in [3.8, 4) is 0 Å². The molecule has 0 aromatic heterocycles. The molecule has 0 aliphatic heterocycles. The first kappa shape index (κ1) is 76.2. The molecule has 9 nitrogen and oxygen atoms in total. The van der Waals surface area contributed by atoms with Gasteiger partial charge in [0.25, 0.3) is 0 Å². The lowest BCUT2D eigenvalue weighted by molar-refractivity contribution is -0.870. The highest BCUT2D eigenvalue weighted by Crippen LogP contribution is 2.15. The van der Waals surface area contributed by atoms with E-state index in [-0.39, 0.29) is 38.6 Å². The predicted molar refractivity (Wildman–Crippen MR) is 342 cm³/mol. The summed E-state index contributed by atoms with van der Waals surface area (Å²) in [6, 6.07) is 0. The molecule has 0 heterocycles. The van der Waals surface area contributed by atoms with Crippen molar-refractivity contribution < 1.29 is 42.9 Å². The third-order valence-corrected chi connectivity index (χ3v) is 13.1. The van der Waals surface area contributed by atoms with Crippen molar-refractivity contribution >= 4 is 17.9 Å². The zero-order valence-electron chi connectivity index (χ0n) is 52.1. The predicted octanol–water partition coefficient (Wildman–Crippen LogP) is 18.2. The SMILES string of the molecule is CC/C=C\C/C=C\C/C=C\C/C=C\C/C=C\C/C=C\C/C=C\CCCCCCCCCCCCCCCC(=O)OC(COC(=O)CCCCCCC/C=C\C/C=C\C/C=C\C/C=C\C/C=C\CC)COC(OCC[N+](C)(C)C)C(=O)[O-]. The molecular weight excluding hydrogens is 1010 g/mol. The molecule has 2 atom stereocenters. The van der Waals surface area contributed by atoms with Crippen molar-refractivity contribution in [3.63, 3.8) is 0 Å². The van der Waals surface area contributed by atoms with E-state index in [1.54, 1.807) is 0 Å². The van der Waals surface area contributed by atoms with Crippen LogP contribution in [0.5, 0.6) is 0 Å². The molecule has 0 bridgehead atoms. The van der Waals surface area contributed by atoms with Gasteiger partial charge in [-0.3, -0.25) is 9.59 Å². The Labute approximate surface area is 496 Å². The van der Waals surface area contributed by atoms with Gasteiger partial charge < -0.3 is 33.3 Å².